The van der Waals surface area contributed by atoms with Crippen LogP contribution in [0, 0.1) is 0 Å². The van der Waals surface area contributed by atoms with Crippen molar-refractivity contribution >= 4 is 28.8 Å². The van der Waals surface area contributed by atoms with Crippen LogP contribution in [0.15, 0.2) is 24.3 Å². The molecular weight excluding hydrogens is 206 g/mol. The van der Waals surface area contributed by atoms with E-state index in [0.29, 0.717) is 11.4 Å². The molecule has 1 aromatic carbocycles. The molecule has 0 aliphatic rings. The van der Waals surface area contributed by atoms with Crippen LogP contribution < -0.4 is 11.1 Å². The van der Waals surface area contributed by atoms with E-state index in [2.05, 4.69) is 10.3 Å². The number of aromatic nitrogens is 1. The number of nitrogens with two attached hydrogens (primary N) is 1. The summed E-state index contributed by atoms with van der Waals surface area (Å²) in [5, 5.41) is 3.53. The van der Waals surface area contributed by atoms with Gasteiger partial charge in [0.05, 0.1) is 23.4 Å². The highest BCUT2D eigenvalue weighted by molar-refractivity contribution is 6.02. The third-order valence-electron chi connectivity index (χ3n) is 2.26. The number of carbonyl (C=O) groups excluding carboxylic acids is 2. The molecule has 0 unspecified atom stereocenters. The quantitative estimate of drug-likeness (QED) is 0.667. The summed E-state index contributed by atoms with van der Waals surface area (Å²) in [6.07, 6.45) is 0.731. The van der Waals surface area contributed by atoms with Gasteiger partial charge in [-0.2, -0.15) is 0 Å². The third-order valence-corrected chi connectivity index (χ3v) is 2.26. The Morgan fingerprint density at radius 1 is 1.50 bits per heavy atom. The monoisotopic (exact) mass is 217 g/mol. The zero-order chi connectivity index (χ0) is 11.5. The van der Waals surface area contributed by atoms with Crippen LogP contribution in [0.3, 0.4) is 0 Å². The highest BCUT2D eigenvalue weighted by atomic mass is 16.1. The Morgan fingerprint density at radius 3 is 3.00 bits per heavy atom. The van der Waals surface area contributed by atoms with Gasteiger partial charge < -0.3 is 16.0 Å². The molecule has 82 valence electrons. The SMILES string of the molecule is NCC(=O)Nc1cccc2cc(C=O)[nH]c12. The fourth-order valence-electron chi connectivity index (χ4n) is 1.55. The van der Waals surface area contributed by atoms with Gasteiger partial charge in [-0.15, -0.1) is 0 Å². The second kappa shape index (κ2) is 4.16. The molecule has 1 heterocycles. The average molecular weight is 217 g/mol. The molecule has 2 aromatic rings. The van der Waals surface area contributed by atoms with E-state index in [0.717, 1.165) is 17.2 Å². The molecule has 1 amide bonds. The predicted molar refractivity (Wildman–Crippen MR) is 61.4 cm³/mol. The number of carbonyl (C=O) groups is 2. The predicted octanol–water partition coefficient (Wildman–Crippen LogP) is 0.878. The molecule has 0 saturated heterocycles. The summed E-state index contributed by atoms with van der Waals surface area (Å²) in [6.45, 7) is -0.0718. The number of hydrogen-bond acceptors (Lipinski definition) is 3. The standard InChI is InChI=1S/C11H11N3O2/c12-5-10(16)14-9-3-1-2-7-4-8(6-15)13-11(7)9/h1-4,6,13H,5,12H2,(H,14,16). The number of hydrogen-bond donors (Lipinski definition) is 3. The Labute approximate surface area is 91.6 Å². The van der Waals surface area contributed by atoms with Crippen molar-refractivity contribution in [1.29, 1.82) is 0 Å². The smallest absolute Gasteiger partial charge is 0.238 e. The van der Waals surface area contributed by atoms with Crippen LogP contribution >= 0.6 is 0 Å². The van der Waals surface area contributed by atoms with Gasteiger partial charge in [-0.3, -0.25) is 9.59 Å². The van der Waals surface area contributed by atoms with E-state index in [1.807, 2.05) is 6.07 Å². The first kappa shape index (κ1) is 10.4. The van der Waals surface area contributed by atoms with Gasteiger partial charge >= 0.3 is 0 Å². The highest BCUT2D eigenvalue weighted by Gasteiger charge is 2.06. The average Bonchev–Trinajstić information content (AvgIpc) is 2.73. The zero-order valence-corrected chi connectivity index (χ0v) is 8.49. The fourth-order valence-corrected chi connectivity index (χ4v) is 1.55. The zero-order valence-electron chi connectivity index (χ0n) is 8.49. The Hall–Kier alpha value is -2.14. The van der Waals surface area contributed by atoms with Crippen LogP contribution in [0.4, 0.5) is 5.69 Å². The number of H-pyrrole nitrogens is 1. The van der Waals surface area contributed by atoms with Gasteiger partial charge in [0, 0.05) is 5.39 Å². The van der Waals surface area contributed by atoms with E-state index in [1.165, 1.54) is 0 Å². The van der Waals surface area contributed by atoms with Crippen LogP contribution in [0.2, 0.25) is 0 Å². The second-order valence-corrected chi connectivity index (χ2v) is 3.36. The van der Waals surface area contributed by atoms with Crippen LogP contribution in [-0.4, -0.2) is 23.7 Å². The number of anilines is 1. The van der Waals surface area contributed by atoms with Gasteiger partial charge in [0.25, 0.3) is 0 Å². The number of aromatic amines is 1. The van der Waals surface area contributed by atoms with E-state index < -0.39 is 0 Å². The van der Waals surface area contributed by atoms with Crippen molar-refractivity contribution in [2.75, 3.05) is 11.9 Å². The van der Waals surface area contributed by atoms with Gasteiger partial charge in [-0.25, -0.2) is 0 Å². The van der Waals surface area contributed by atoms with Crippen LogP contribution in [-0.2, 0) is 4.79 Å². The molecule has 5 nitrogen and oxygen atoms in total. The number of benzene rings is 1. The van der Waals surface area contributed by atoms with Gasteiger partial charge in [0.15, 0.2) is 6.29 Å². The largest absolute Gasteiger partial charge is 0.351 e. The number of aldehydes is 1. The number of para-hydroxylation sites is 1. The maximum absolute atomic E-state index is 11.2. The first-order valence-corrected chi connectivity index (χ1v) is 4.81. The number of nitrogens with one attached hydrogen (secondary N) is 2. The first-order chi connectivity index (χ1) is 7.74. The van der Waals surface area contributed by atoms with Crippen LogP contribution in [0.25, 0.3) is 10.9 Å². The molecule has 4 N–H and O–H groups in total. The molecule has 16 heavy (non-hydrogen) atoms. The van der Waals surface area contributed by atoms with Crippen molar-refractivity contribution in [2.24, 2.45) is 5.73 Å². The van der Waals surface area contributed by atoms with Crippen molar-refractivity contribution in [2.45, 2.75) is 0 Å². The molecular formula is C11H11N3O2. The lowest BCUT2D eigenvalue weighted by Gasteiger charge is -2.04. The molecule has 5 heteroatoms. The van der Waals surface area contributed by atoms with E-state index in [-0.39, 0.29) is 12.5 Å². The highest BCUT2D eigenvalue weighted by Crippen LogP contribution is 2.22. The Balaban J connectivity index is 2.48. The summed E-state index contributed by atoms with van der Waals surface area (Å²) in [5.74, 6) is -0.269. The minimum absolute atomic E-state index is 0.0718. The van der Waals surface area contributed by atoms with Gasteiger partial charge in [0.1, 0.15) is 0 Å². The van der Waals surface area contributed by atoms with Crippen LogP contribution in [0.1, 0.15) is 10.5 Å². The molecule has 0 bridgehead atoms. The summed E-state index contributed by atoms with van der Waals surface area (Å²) in [6, 6.07) is 7.13. The van der Waals surface area contributed by atoms with E-state index in [1.54, 1.807) is 18.2 Å². The summed E-state index contributed by atoms with van der Waals surface area (Å²) in [4.78, 5) is 24.7. The molecule has 0 spiro atoms. The number of fused-ring (bicyclic) bond motifs is 1. The Morgan fingerprint density at radius 2 is 2.31 bits per heavy atom. The minimum atomic E-state index is -0.269. The van der Waals surface area contributed by atoms with Gasteiger partial charge in [0.2, 0.25) is 5.91 Å². The lowest BCUT2D eigenvalue weighted by molar-refractivity contribution is -0.114. The Kier molecular flexibility index (Phi) is 2.70. The number of rotatable bonds is 3. The van der Waals surface area contributed by atoms with E-state index in [4.69, 9.17) is 5.73 Å². The van der Waals surface area contributed by atoms with E-state index >= 15 is 0 Å². The lowest BCUT2D eigenvalue weighted by Crippen LogP contribution is -2.21. The first-order valence-electron chi connectivity index (χ1n) is 4.81. The normalized spacial score (nSPS) is 10.3. The van der Waals surface area contributed by atoms with E-state index in [9.17, 15) is 9.59 Å². The molecule has 2 rings (SSSR count). The number of amides is 1. The topological polar surface area (TPSA) is 88.0 Å². The van der Waals surface area contributed by atoms with Crippen LogP contribution in [0.5, 0.6) is 0 Å². The summed E-state index contributed by atoms with van der Waals surface area (Å²) in [5.41, 5.74) is 7.05. The third kappa shape index (κ3) is 1.80. The van der Waals surface area contributed by atoms with Crippen molar-refractivity contribution < 1.29 is 9.59 Å². The fraction of sp³-hybridized carbons (Fsp3) is 0.0909. The second-order valence-electron chi connectivity index (χ2n) is 3.36. The van der Waals surface area contributed by atoms with Crippen molar-refractivity contribution in [3.63, 3.8) is 0 Å². The molecule has 0 radical (unpaired) electrons. The summed E-state index contributed by atoms with van der Waals surface area (Å²) in [7, 11) is 0. The van der Waals surface area contributed by atoms with Crippen molar-refractivity contribution in [3.8, 4) is 0 Å². The lowest BCUT2D eigenvalue weighted by atomic mass is 10.2. The van der Waals surface area contributed by atoms with Gasteiger partial charge in [-0.1, -0.05) is 12.1 Å². The van der Waals surface area contributed by atoms with Gasteiger partial charge in [-0.05, 0) is 12.1 Å². The molecule has 0 aliphatic carbocycles. The summed E-state index contributed by atoms with van der Waals surface area (Å²) >= 11 is 0. The Bertz CT molecular complexity index is 545. The van der Waals surface area contributed by atoms with Crippen molar-refractivity contribution in [3.05, 3.63) is 30.0 Å². The molecule has 0 atom stereocenters. The molecule has 0 saturated carbocycles. The molecule has 1 aromatic heterocycles. The van der Waals surface area contributed by atoms with Crippen molar-refractivity contribution in [1.82, 2.24) is 4.98 Å². The molecule has 0 aliphatic heterocycles. The maximum atomic E-state index is 11.2. The molecule has 0 fully saturated rings. The minimum Gasteiger partial charge on any atom is -0.351 e. The summed E-state index contributed by atoms with van der Waals surface area (Å²) < 4.78 is 0. The maximum Gasteiger partial charge on any atom is 0.238 e.